The maximum atomic E-state index is 12.8. The lowest BCUT2D eigenvalue weighted by Gasteiger charge is -2.34. The Balaban J connectivity index is 4.22. The molecule has 0 amide bonds. The summed E-state index contributed by atoms with van der Waals surface area (Å²) in [4.78, 5) is 37.1. The van der Waals surface area contributed by atoms with Crippen LogP contribution in [0.5, 0.6) is 0 Å². The fourth-order valence-electron chi connectivity index (χ4n) is 7.94. The molecule has 382 valence electrons. The summed E-state index contributed by atoms with van der Waals surface area (Å²) in [5.41, 5.74) is 0. The van der Waals surface area contributed by atoms with E-state index in [-0.39, 0.29) is 42.7 Å². The first-order valence-electron chi connectivity index (χ1n) is 27.3. The molecule has 0 radical (unpaired) electrons. The van der Waals surface area contributed by atoms with Crippen LogP contribution in [0.4, 0.5) is 0 Å². The molecule has 0 bridgehead atoms. The van der Waals surface area contributed by atoms with Crippen LogP contribution in [-0.2, 0) is 28.6 Å². The number of rotatable bonds is 49. The Morgan fingerprint density at radius 3 is 1.26 bits per heavy atom. The maximum Gasteiger partial charge on any atom is 0.306 e. The van der Waals surface area contributed by atoms with E-state index >= 15 is 0 Å². The summed E-state index contributed by atoms with van der Waals surface area (Å²) >= 11 is 0. The van der Waals surface area contributed by atoms with Gasteiger partial charge in [0, 0.05) is 19.3 Å². The lowest BCUT2D eigenvalue weighted by molar-refractivity contribution is -0.889. The number of aliphatic carboxylic acids is 1. The first kappa shape index (κ1) is 63.0. The van der Waals surface area contributed by atoms with Crippen LogP contribution in [0.1, 0.15) is 239 Å². The lowest BCUT2D eigenvalue weighted by Crippen LogP contribution is -2.55. The van der Waals surface area contributed by atoms with Crippen LogP contribution in [0.15, 0.2) is 60.8 Å². The predicted octanol–water partition coefficient (Wildman–Crippen LogP) is 14.8. The van der Waals surface area contributed by atoms with E-state index < -0.39 is 18.1 Å². The van der Waals surface area contributed by atoms with Crippen molar-refractivity contribution in [3.8, 4) is 0 Å². The summed E-state index contributed by atoms with van der Waals surface area (Å²) in [5.74, 6) is -1.75. The fourth-order valence-corrected chi connectivity index (χ4v) is 7.94. The van der Waals surface area contributed by atoms with Crippen LogP contribution in [0.25, 0.3) is 0 Å². The molecule has 8 heteroatoms. The maximum absolute atomic E-state index is 12.8. The van der Waals surface area contributed by atoms with E-state index in [1.165, 1.54) is 128 Å². The SMILES string of the molecule is CC/C=C/C/C=C/C/C=C/CCCCCCCCCCCC(=O)OC(COCCC(C(=O)[O-])[N+](C)(C)C)COC(=O)CCCCCCCCC/C=C/C/C=C/CCCCCCCCCCC. The summed E-state index contributed by atoms with van der Waals surface area (Å²) in [6.07, 6.45) is 61.1. The number of allylic oxidation sites excluding steroid dienone is 10. The van der Waals surface area contributed by atoms with Crippen molar-refractivity contribution in [2.45, 2.75) is 251 Å². The molecule has 0 aliphatic rings. The van der Waals surface area contributed by atoms with Crippen molar-refractivity contribution < 1.29 is 38.2 Å². The Labute approximate surface area is 407 Å². The van der Waals surface area contributed by atoms with Gasteiger partial charge < -0.3 is 28.6 Å². The van der Waals surface area contributed by atoms with Gasteiger partial charge in [0.15, 0.2) is 6.10 Å². The molecule has 2 atom stereocenters. The van der Waals surface area contributed by atoms with Crippen molar-refractivity contribution in [1.29, 1.82) is 0 Å². The molecule has 0 saturated heterocycles. The quantitative estimate of drug-likeness (QED) is 0.0259. The zero-order chi connectivity index (χ0) is 48.4. The van der Waals surface area contributed by atoms with Gasteiger partial charge >= 0.3 is 11.9 Å². The summed E-state index contributed by atoms with van der Waals surface area (Å²) in [5, 5.41) is 11.7. The molecule has 0 aliphatic heterocycles. The van der Waals surface area contributed by atoms with Crippen LogP contribution in [0.3, 0.4) is 0 Å². The minimum Gasteiger partial charge on any atom is -0.544 e. The number of hydrogen-bond acceptors (Lipinski definition) is 7. The highest BCUT2D eigenvalue weighted by Crippen LogP contribution is 2.15. The van der Waals surface area contributed by atoms with Crippen LogP contribution in [0.2, 0.25) is 0 Å². The molecule has 0 fully saturated rings. The zero-order valence-electron chi connectivity index (χ0n) is 43.6. The Hall–Kier alpha value is -2.97. The number of ether oxygens (including phenoxy) is 3. The molecule has 0 N–H and O–H groups in total. The topological polar surface area (TPSA) is 102 Å². The van der Waals surface area contributed by atoms with Crippen molar-refractivity contribution in [3.63, 3.8) is 0 Å². The van der Waals surface area contributed by atoms with E-state index in [0.29, 0.717) is 12.8 Å². The number of carbonyl (C=O) groups is 3. The number of carboxylic acid groups (broad SMARTS) is 1. The van der Waals surface area contributed by atoms with Crippen molar-refractivity contribution in [2.24, 2.45) is 0 Å². The molecule has 66 heavy (non-hydrogen) atoms. The number of unbranched alkanes of at least 4 members (excludes halogenated alkanes) is 25. The Morgan fingerprint density at radius 1 is 0.470 bits per heavy atom. The van der Waals surface area contributed by atoms with Gasteiger partial charge in [-0.3, -0.25) is 9.59 Å². The molecule has 0 rings (SSSR count). The molecular weight excluding hydrogens is 823 g/mol. The zero-order valence-corrected chi connectivity index (χ0v) is 43.6. The van der Waals surface area contributed by atoms with Crippen molar-refractivity contribution in [2.75, 3.05) is 41.0 Å². The molecule has 0 heterocycles. The van der Waals surface area contributed by atoms with E-state index in [9.17, 15) is 19.5 Å². The van der Waals surface area contributed by atoms with Crippen LogP contribution >= 0.6 is 0 Å². The van der Waals surface area contributed by atoms with Crippen LogP contribution in [0, 0.1) is 0 Å². The largest absolute Gasteiger partial charge is 0.544 e. The van der Waals surface area contributed by atoms with Crippen LogP contribution < -0.4 is 5.11 Å². The Morgan fingerprint density at radius 2 is 0.848 bits per heavy atom. The number of nitrogens with zero attached hydrogens (tertiary/aromatic N) is 1. The summed E-state index contributed by atoms with van der Waals surface area (Å²) in [6.45, 7) is 4.56. The average molecular weight is 926 g/mol. The minimum atomic E-state index is -1.13. The minimum absolute atomic E-state index is 0.0348. The van der Waals surface area contributed by atoms with E-state index in [0.717, 1.165) is 77.0 Å². The van der Waals surface area contributed by atoms with E-state index in [4.69, 9.17) is 14.2 Å². The molecule has 0 spiro atoms. The normalized spacial score (nSPS) is 13.3. The molecule has 0 saturated carbocycles. The first-order valence-corrected chi connectivity index (χ1v) is 27.3. The third-order valence-corrected chi connectivity index (χ3v) is 12.1. The monoisotopic (exact) mass is 926 g/mol. The predicted molar refractivity (Wildman–Crippen MR) is 277 cm³/mol. The molecule has 0 aromatic rings. The van der Waals surface area contributed by atoms with Gasteiger partial charge in [-0.15, -0.1) is 0 Å². The van der Waals surface area contributed by atoms with Gasteiger partial charge in [0.05, 0.1) is 40.3 Å². The molecule has 0 aliphatic carbocycles. The third kappa shape index (κ3) is 46.2. The standard InChI is InChI=1S/C58H103NO7/c1-6-8-10-12-14-16-18-20-22-24-26-27-28-29-31-32-34-36-38-40-42-44-46-48-56(60)65-53-54(52-64-51-50-55(58(62)63)59(3,4)5)66-57(61)49-47-45-43-41-39-37-35-33-30-25-23-21-19-17-15-13-11-9-7-2/h9,11,15,17,21,23,26-27,29,31,54-55H,6-8,10,12-14,16,18-20,22,24-25,28,30,32-53H2,1-5H3/b11-9+,17-15+,23-21+,27-26+,31-29+. The van der Waals surface area contributed by atoms with Gasteiger partial charge in [-0.1, -0.05) is 203 Å². The van der Waals surface area contributed by atoms with E-state index in [1.807, 2.05) is 0 Å². The molecular formula is C58H103NO7. The molecule has 0 aromatic heterocycles. The van der Waals surface area contributed by atoms with Crippen molar-refractivity contribution in [1.82, 2.24) is 0 Å². The van der Waals surface area contributed by atoms with Gasteiger partial charge in [0.2, 0.25) is 0 Å². The third-order valence-electron chi connectivity index (χ3n) is 12.1. The summed E-state index contributed by atoms with van der Waals surface area (Å²) < 4.78 is 17.3. The second-order valence-corrected chi connectivity index (χ2v) is 19.4. The second-order valence-electron chi connectivity index (χ2n) is 19.4. The lowest BCUT2D eigenvalue weighted by atomic mass is 10.1. The smallest absolute Gasteiger partial charge is 0.306 e. The summed E-state index contributed by atoms with van der Waals surface area (Å²) in [7, 11) is 5.41. The number of likely N-dealkylation sites (N-methyl/N-ethyl adjacent to an activating group) is 1. The number of carbonyl (C=O) groups excluding carboxylic acids is 3. The van der Waals surface area contributed by atoms with E-state index in [1.54, 1.807) is 21.1 Å². The van der Waals surface area contributed by atoms with Crippen molar-refractivity contribution >= 4 is 17.9 Å². The first-order chi connectivity index (χ1) is 32.1. The van der Waals surface area contributed by atoms with E-state index in [2.05, 4.69) is 74.6 Å². The number of carboxylic acids is 1. The highest BCUT2D eigenvalue weighted by Gasteiger charge is 2.25. The van der Waals surface area contributed by atoms with Gasteiger partial charge in [0.25, 0.3) is 0 Å². The molecule has 0 aromatic carbocycles. The fraction of sp³-hybridized carbons (Fsp3) is 0.776. The number of hydrogen-bond donors (Lipinski definition) is 0. The van der Waals surface area contributed by atoms with Crippen molar-refractivity contribution in [3.05, 3.63) is 60.8 Å². The van der Waals surface area contributed by atoms with Gasteiger partial charge in [0.1, 0.15) is 12.6 Å². The molecule has 8 nitrogen and oxygen atoms in total. The van der Waals surface area contributed by atoms with Crippen LogP contribution in [-0.4, -0.2) is 75.5 Å². The highest BCUT2D eigenvalue weighted by atomic mass is 16.6. The number of esters is 2. The Kier molecular flexibility index (Phi) is 46.3. The highest BCUT2D eigenvalue weighted by molar-refractivity contribution is 5.70. The molecule has 2 unspecified atom stereocenters. The second kappa shape index (κ2) is 48.5. The summed E-state index contributed by atoms with van der Waals surface area (Å²) in [6, 6.07) is -0.731. The van der Waals surface area contributed by atoms with Gasteiger partial charge in [-0.05, 0) is 77.0 Å². The number of quaternary nitrogens is 1. The van der Waals surface area contributed by atoms with Gasteiger partial charge in [-0.25, -0.2) is 0 Å². The Bertz CT molecular complexity index is 1260. The average Bonchev–Trinajstić information content (AvgIpc) is 3.28. The van der Waals surface area contributed by atoms with Gasteiger partial charge in [-0.2, -0.15) is 0 Å².